The molecule has 0 aliphatic heterocycles. The van der Waals surface area contributed by atoms with Gasteiger partial charge in [0.2, 0.25) is 21.8 Å². The molecule has 0 radical (unpaired) electrons. The lowest BCUT2D eigenvalue weighted by atomic mass is 10.1. The van der Waals surface area contributed by atoms with Gasteiger partial charge in [-0.05, 0) is 70.9 Å². The third kappa shape index (κ3) is 8.90. The fourth-order valence-corrected chi connectivity index (χ4v) is 4.38. The molecule has 0 saturated heterocycles. The number of carbonyl (C=O) groups excluding carboxylic acids is 2. The number of nitrogens with one attached hydrogen (secondary N) is 1. The lowest BCUT2D eigenvalue weighted by Crippen LogP contribution is -2.55. The summed E-state index contributed by atoms with van der Waals surface area (Å²) in [6, 6.07) is 15.4. The summed E-state index contributed by atoms with van der Waals surface area (Å²) in [5.74, 6) is -0.157. The van der Waals surface area contributed by atoms with E-state index >= 15 is 0 Å². The summed E-state index contributed by atoms with van der Waals surface area (Å²) in [5, 5.41) is 2.91. The third-order valence-corrected chi connectivity index (χ3v) is 6.41. The fourth-order valence-electron chi connectivity index (χ4n) is 3.53. The minimum absolute atomic E-state index is 0.266. The highest BCUT2D eigenvalue weighted by molar-refractivity contribution is 7.92. The number of ether oxygens (including phenoxy) is 1. The van der Waals surface area contributed by atoms with Crippen LogP contribution in [0.4, 0.5) is 5.69 Å². The summed E-state index contributed by atoms with van der Waals surface area (Å²) < 4.78 is 31.7. The maximum Gasteiger partial charge on any atom is 0.244 e. The molecule has 35 heavy (non-hydrogen) atoms. The maximum atomic E-state index is 13.5. The summed E-state index contributed by atoms with van der Waals surface area (Å²) in [6.07, 6.45) is 1.59. The first-order valence-electron chi connectivity index (χ1n) is 11.7. The third-order valence-electron chi connectivity index (χ3n) is 5.26. The molecule has 1 N–H and O–H groups in total. The first-order valence-corrected chi connectivity index (χ1v) is 13.5. The second kappa shape index (κ2) is 12.1. The van der Waals surface area contributed by atoms with Crippen molar-refractivity contribution in [2.24, 2.45) is 0 Å². The summed E-state index contributed by atoms with van der Waals surface area (Å²) in [6.45, 7) is 9.44. The van der Waals surface area contributed by atoms with Gasteiger partial charge in [0.25, 0.3) is 0 Å². The summed E-state index contributed by atoms with van der Waals surface area (Å²) >= 11 is 0. The molecule has 0 aliphatic carbocycles. The lowest BCUT2D eigenvalue weighted by molar-refractivity contribution is -0.139. The molecule has 0 spiro atoms. The van der Waals surface area contributed by atoms with Crippen LogP contribution in [0.2, 0.25) is 0 Å². The summed E-state index contributed by atoms with van der Waals surface area (Å²) in [7, 11) is -3.77. The van der Waals surface area contributed by atoms with E-state index in [-0.39, 0.29) is 12.5 Å². The van der Waals surface area contributed by atoms with E-state index in [0.717, 1.165) is 16.1 Å². The van der Waals surface area contributed by atoms with Crippen molar-refractivity contribution in [1.82, 2.24) is 10.2 Å². The van der Waals surface area contributed by atoms with E-state index in [2.05, 4.69) is 5.32 Å². The molecule has 2 aromatic carbocycles. The van der Waals surface area contributed by atoms with Gasteiger partial charge in [0.05, 0.1) is 18.6 Å². The van der Waals surface area contributed by atoms with Crippen molar-refractivity contribution in [2.45, 2.75) is 52.6 Å². The minimum Gasteiger partial charge on any atom is -0.494 e. The van der Waals surface area contributed by atoms with Crippen LogP contribution in [0.3, 0.4) is 0 Å². The predicted octanol–water partition coefficient (Wildman–Crippen LogP) is 3.23. The molecule has 0 fully saturated rings. The van der Waals surface area contributed by atoms with Crippen LogP contribution in [0, 0.1) is 0 Å². The van der Waals surface area contributed by atoms with E-state index in [1.165, 1.54) is 4.90 Å². The van der Waals surface area contributed by atoms with Crippen molar-refractivity contribution in [3.05, 3.63) is 60.2 Å². The van der Waals surface area contributed by atoms with Gasteiger partial charge in [0, 0.05) is 12.1 Å². The first-order chi connectivity index (χ1) is 16.3. The van der Waals surface area contributed by atoms with Gasteiger partial charge in [-0.1, -0.05) is 30.3 Å². The number of anilines is 1. The SMILES string of the molecule is CCOc1ccc(N(CC(=O)N(CCc2ccccc2)C(C)C(=O)NC(C)(C)C)S(C)(=O)=O)cc1. The van der Waals surface area contributed by atoms with Gasteiger partial charge in [-0.2, -0.15) is 0 Å². The molecular weight excluding hydrogens is 466 g/mol. The number of rotatable bonds is 11. The van der Waals surface area contributed by atoms with Crippen molar-refractivity contribution < 1.29 is 22.7 Å². The van der Waals surface area contributed by atoms with E-state index < -0.39 is 34.1 Å². The number of nitrogens with zero attached hydrogens (tertiary/aromatic N) is 2. The molecule has 1 atom stereocenters. The number of carbonyl (C=O) groups is 2. The van der Waals surface area contributed by atoms with Gasteiger partial charge in [-0.25, -0.2) is 8.42 Å². The molecular formula is C26H37N3O5S. The van der Waals surface area contributed by atoms with Crippen molar-refractivity contribution >= 4 is 27.5 Å². The number of hydrogen-bond acceptors (Lipinski definition) is 5. The number of amides is 2. The second-order valence-corrected chi connectivity index (χ2v) is 11.3. The van der Waals surface area contributed by atoms with E-state index in [1.54, 1.807) is 31.2 Å². The smallest absolute Gasteiger partial charge is 0.244 e. The Kier molecular flexibility index (Phi) is 9.71. The Morgan fingerprint density at radius 3 is 2.14 bits per heavy atom. The largest absolute Gasteiger partial charge is 0.494 e. The normalized spacial score (nSPS) is 12.5. The highest BCUT2D eigenvalue weighted by Gasteiger charge is 2.31. The topological polar surface area (TPSA) is 96.0 Å². The molecule has 0 aromatic heterocycles. The number of sulfonamides is 1. The molecule has 0 aliphatic rings. The Morgan fingerprint density at radius 1 is 1.03 bits per heavy atom. The van der Waals surface area contributed by atoms with Gasteiger partial charge < -0.3 is 15.0 Å². The molecule has 8 nitrogen and oxygen atoms in total. The van der Waals surface area contributed by atoms with Gasteiger partial charge in [0.15, 0.2) is 0 Å². The predicted molar refractivity (Wildman–Crippen MR) is 139 cm³/mol. The standard InChI is InChI=1S/C26H37N3O5S/c1-7-34-23-15-13-22(14-16-23)29(35(6,32)33)19-24(30)28(18-17-21-11-9-8-10-12-21)20(2)25(31)27-26(3,4)5/h8-16,20H,7,17-19H2,1-6H3,(H,27,31). The lowest BCUT2D eigenvalue weighted by Gasteiger charge is -2.33. The van der Waals surface area contributed by atoms with Crippen LogP contribution in [-0.4, -0.2) is 62.7 Å². The van der Waals surface area contributed by atoms with Gasteiger partial charge >= 0.3 is 0 Å². The highest BCUT2D eigenvalue weighted by Crippen LogP contribution is 2.22. The van der Waals surface area contributed by atoms with Gasteiger partial charge in [-0.3, -0.25) is 13.9 Å². The zero-order valence-electron chi connectivity index (χ0n) is 21.4. The fraction of sp³-hybridized carbons (Fsp3) is 0.462. The van der Waals surface area contributed by atoms with Crippen molar-refractivity contribution in [1.29, 1.82) is 0 Å². The van der Waals surface area contributed by atoms with Crippen LogP contribution in [0.1, 0.15) is 40.2 Å². The van der Waals surface area contributed by atoms with E-state index in [4.69, 9.17) is 4.74 Å². The second-order valence-electron chi connectivity index (χ2n) is 9.43. The quantitative estimate of drug-likeness (QED) is 0.508. The van der Waals surface area contributed by atoms with Crippen LogP contribution >= 0.6 is 0 Å². The van der Waals surface area contributed by atoms with Crippen molar-refractivity contribution in [3.63, 3.8) is 0 Å². The molecule has 1 unspecified atom stereocenters. The van der Waals surface area contributed by atoms with E-state index in [0.29, 0.717) is 24.5 Å². The van der Waals surface area contributed by atoms with Crippen LogP contribution < -0.4 is 14.4 Å². The Morgan fingerprint density at radius 2 is 1.63 bits per heavy atom. The average molecular weight is 504 g/mol. The van der Waals surface area contributed by atoms with Crippen LogP contribution in [0.25, 0.3) is 0 Å². The van der Waals surface area contributed by atoms with E-state index in [1.807, 2.05) is 58.0 Å². The average Bonchev–Trinajstić information content (AvgIpc) is 2.77. The van der Waals surface area contributed by atoms with Crippen LogP contribution in [-0.2, 0) is 26.0 Å². The monoisotopic (exact) mass is 503 g/mol. The van der Waals surface area contributed by atoms with Gasteiger partial charge in [0.1, 0.15) is 18.3 Å². The van der Waals surface area contributed by atoms with Crippen LogP contribution in [0.5, 0.6) is 5.75 Å². The first kappa shape index (κ1) is 28.2. The summed E-state index contributed by atoms with van der Waals surface area (Å²) in [4.78, 5) is 27.9. The Balaban J connectivity index is 2.31. The Bertz CT molecular complexity index is 1080. The minimum atomic E-state index is -3.77. The molecule has 0 saturated carbocycles. The molecule has 0 bridgehead atoms. The molecule has 2 aromatic rings. The molecule has 0 heterocycles. The molecule has 192 valence electrons. The zero-order valence-corrected chi connectivity index (χ0v) is 22.3. The van der Waals surface area contributed by atoms with E-state index in [9.17, 15) is 18.0 Å². The molecule has 2 amide bonds. The highest BCUT2D eigenvalue weighted by atomic mass is 32.2. The van der Waals surface area contributed by atoms with Crippen LogP contribution in [0.15, 0.2) is 54.6 Å². The Labute approximate surface area is 209 Å². The van der Waals surface area contributed by atoms with Gasteiger partial charge in [-0.15, -0.1) is 0 Å². The summed E-state index contributed by atoms with van der Waals surface area (Å²) in [5.41, 5.74) is 0.889. The molecule has 9 heteroatoms. The van der Waals surface area contributed by atoms with Crippen molar-refractivity contribution in [3.8, 4) is 5.75 Å². The maximum absolute atomic E-state index is 13.5. The number of benzene rings is 2. The molecule has 2 rings (SSSR count). The Hall–Kier alpha value is -3.07. The van der Waals surface area contributed by atoms with Crippen molar-refractivity contribution in [2.75, 3.05) is 30.3 Å². The number of hydrogen-bond donors (Lipinski definition) is 1. The zero-order chi connectivity index (χ0) is 26.2.